The van der Waals surface area contributed by atoms with Crippen molar-refractivity contribution in [2.45, 2.75) is 45.6 Å². The highest BCUT2D eigenvalue weighted by Crippen LogP contribution is 2.36. The average molecular weight is 393 g/mol. The summed E-state index contributed by atoms with van der Waals surface area (Å²) in [5, 5.41) is 15.6. The van der Waals surface area contributed by atoms with Crippen LogP contribution in [0.5, 0.6) is 11.5 Å². The van der Waals surface area contributed by atoms with E-state index in [2.05, 4.69) is 30.9 Å². The molecular weight excluding hydrogens is 362 g/mol. The van der Waals surface area contributed by atoms with Crippen LogP contribution in [0.1, 0.15) is 37.8 Å². The van der Waals surface area contributed by atoms with Gasteiger partial charge < -0.3 is 19.7 Å². The fourth-order valence-electron chi connectivity index (χ4n) is 3.38. The minimum absolute atomic E-state index is 0.558. The van der Waals surface area contributed by atoms with Crippen LogP contribution >= 0.6 is 0 Å². The average Bonchev–Trinajstić information content (AvgIpc) is 3.08. The van der Waals surface area contributed by atoms with Gasteiger partial charge in [-0.2, -0.15) is 0 Å². The Kier molecular flexibility index (Phi) is 10.1. The van der Waals surface area contributed by atoms with Crippen molar-refractivity contribution in [3.63, 3.8) is 0 Å². The molecule has 2 N–H and O–H groups in total. The zero-order valence-electron chi connectivity index (χ0n) is 17.1. The molecule has 0 unspecified atom stereocenters. The first-order valence-electron chi connectivity index (χ1n) is 9.47. The molecule has 0 amide bonds. The monoisotopic (exact) mass is 393 g/mol. The highest BCUT2D eigenvalue weighted by atomic mass is 16.5. The summed E-state index contributed by atoms with van der Waals surface area (Å²) in [6, 6.07) is 4.95. The smallest absolute Gasteiger partial charge is 0.328 e. The summed E-state index contributed by atoms with van der Waals surface area (Å²) in [7, 11) is 3.41. The molecule has 1 aliphatic rings. The van der Waals surface area contributed by atoms with E-state index in [9.17, 15) is 9.59 Å². The van der Waals surface area contributed by atoms with E-state index in [4.69, 9.17) is 19.7 Å². The standard InChI is InChI=1S/C17H27NO2.C4H4O4/c1-5-7-18(8-6-2)15-9-13-11-16(19-3)17(20-4)12-14(13)10-15;5-3(6)1-2-4(7)8/h11-12,15H,5-10H2,1-4H3;1-2H,(H,5,6)(H,7,8). The number of benzene rings is 1. The van der Waals surface area contributed by atoms with E-state index < -0.39 is 11.9 Å². The summed E-state index contributed by atoms with van der Waals surface area (Å²) in [4.78, 5) is 21.7. The Morgan fingerprint density at radius 1 is 0.964 bits per heavy atom. The van der Waals surface area contributed by atoms with E-state index in [1.54, 1.807) is 14.2 Å². The summed E-state index contributed by atoms with van der Waals surface area (Å²) in [6.07, 6.45) is 5.83. The third kappa shape index (κ3) is 7.23. The van der Waals surface area contributed by atoms with E-state index in [0.717, 1.165) is 24.3 Å². The molecule has 156 valence electrons. The lowest BCUT2D eigenvalue weighted by Gasteiger charge is -2.27. The minimum Gasteiger partial charge on any atom is -0.493 e. The maximum atomic E-state index is 9.55. The fourth-order valence-corrected chi connectivity index (χ4v) is 3.38. The van der Waals surface area contributed by atoms with E-state index in [1.807, 2.05) is 0 Å². The number of hydrogen-bond donors (Lipinski definition) is 2. The van der Waals surface area contributed by atoms with Gasteiger partial charge in [-0.05, 0) is 62.0 Å². The molecule has 1 aromatic rings. The Morgan fingerprint density at radius 2 is 1.36 bits per heavy atom. The zero-order chi connectivity index (χ0) is 21.1. The minimum atomic E-state index is -1.26. The van der Waals surface area contributed by atoms with Crippen molar-refractivity contribution in [1.82, 2.24) is 4.90 Å². The van der Waals surface area contributed by atoms with E-state index in [1.165, 1.54) is 37.1 Å². The summed E-state index contributed by atoms with van der Waals surface area (Å²) in [5.41, 5.74) is 2.84. The van der Waals surface area contributed by atoms with Crippen molar-refractivity contribution in [2.75, 3.05) is 27.3 Å². The highest BCUT2D eigenvalue weighted by molar-refractivity contribution is 5.89. The van der Waals surface area contributed by atoms with Crippen LogP contribution < -0.4 is 9.47 Å². The van der Waals surface area contributed by atoms with E-state index in [-0.39, 0.29) is 0 Å². The molecule has 0 aromatic heterocycles. The molecule has 2 rings (SSSR count). The van der Waals surface area contributed by atoms with Crippen LogP contribution in [0, 0.1) is 0 Å². The van der Waals surface area contributed by atoms with Gasteiger partial charge >= 0.3 is 11.9 Å². The number of rotatable bonds is 9. The van der Waals surface area contributed by atoms with Crippen molar-refractivity contribution >= 4 is 11.9 Å². The Bertz CT molecular complexity index is 631. The zero-order valence-corrected chi connectivity index (χ0v) is 17.1. The van der Waals surface area contributed by atoms with Crippen molar-refractivity contribution in [1.29, 1.82) is 0 Å². The molecule has 0 saturated carbocycles. The number of carbonyl (C=O) groups is 2. The molecule has 0 fully saturated rings. The van der Waals surface area contributed by atoms with E-state index in [0.29, 0.717) is 18.2 Å². The maximum absolute atomic E-state index is 9.55. The fraction of sp³-hybridized carbons (Fsp3) is 0.524. The van der Waals surface area contributed by atoms with Gasteiger partial charge in [-0.3, -0.25) is 4.90 Å². The topological polar surface area (TPSA) is 96.3 Å². The Labute approximate surface area is 166 Å². The molecule has 7 nitrogen and oxygen atoms in total. The summed E-state index contributed by atoms with van der Waals surface area (Å²) < 4.78 is 10.8. The van der Waals surface area contributed by atoms with Crippen molar-refractivity contribution in [3.05, 3.63) is 35.4 Å². The highest BCUT2D eigenvalue weighted by Gasteiger charge is 2.27. The number of fused-ring (bicyclic) bond motifs is 1. The lowest BCUT2D eigenvalue weighted by atomic mass is 10.1. The van der Waals surface area contributed by atoms with Gasteiger partial charge in [-0.15, -0.1) is 0 Å². The normalized spacial score (nSPS) is 13.2. The summed E-state index contributed by atoms with van der Waals surface area (Å²) >= 11 is 0. The second kappa shape index (κ2) is 12.0. The second-order valence-corrected chi connectivity index (χ2v) is 6.58. The molecule has 0 aliphatic heterocycles. The molecule has 28 heavy (non-hydrogen) atoms. The summed E-state index contributed by atoms with van der Waals surface area (Å²) in [6.45, 7) is 6.91. The number of aliphatic carboxylic acids is 2. The lowest BCUT2D eigenvalue weighted by molar-refractivity contribution is -0.134. The van der Waals surface area contributed by atoms with Crippen LogP contribution in [0.25, 0.3) is 0 Å². The lowest BCUT2D eigenvalue weighted by Crippen LogP contribution is -2.37. The molecule has 0 bridgehead atoms. The number of hydrogen-bond acceptors (Lipinski definition) is 5. The maximum Gasteiger partial charge on any atom is 0.328 e. The van der Waals surface area contributed by atoms with Crippen molar-refractivity contribution in [3.8, 4) is 11.5 Å². The Balaban J connectivity index is 0.000000416. The van der Waals surface area contributed by atoms with Gasteiger partial charge in [-0.1, -0.05) is 13.8 Å². The first-order valence-corrected chi connectivity index (χ1v) is 9.47. The number of carboxylic acids is 2. The Morgan fingerprint density at radius 3 is 1.64 bits per heavy atom. The van der Waals surface area contributed by atoms with Gasteiger partial charge in [0.25, 0.3) is 0 Å². The molecule has 0 atom stereocenters. The van der Waals surface area contributed by atoms with Gasteiger partial charge in [0.2, 0.25) is 0 Å². The first-order chi connectivity index (χ1) is 13.4. The summed E-state index contributed by atoms with van der Waals surface area (Å²) in [5.74, 6) is -0.811. The van der Waals surface area contributed by atoms with Gasteiger partial charge in [-0.25, -0.2) is 9.59 Å². The largest absolute Gasteiger partial charge is 0.493 e. The molecule has 0 spiro atoms. The SMILES string of the molecule is CCCN(CCC)C1Cc2cc(OC)c(OC)cc2C1.O=C(O)C=CC(=O)O. The molecule has 1 aliphatic carbocycles. The molecule has 7 heteroatoms. The number of carboxylic acid groups (broad SMARTS) is 2. The van der Waals surface area contributed by atoms with Crippen LogP contribution in [-0.4, -0.2) is 60.4 Å². The predicted octanol–water partition coefficient (Wildman–Crippen LogP) is 3.00. The third-order valence-corrected chi connectivity index (χ3v) is 4.52. The number of methoxy groups -OCH3 is 2. The molecule has 0 radical (unpaired) electrons. The Hall–Kier alpha value is -2.54. The quantitative estimate of drug-likeness (QED) is 0.623. The van der Waals surface area contributed by atoms with Crippen LogP contribution in [-0.2, 0) is 22.4 Å². The van der Waals surface area contributed by atoms with Crippen LogP contribution in [0.15, 0.2) is 24.3 Å². The first kappa shape index (κ1) is 23.5. The van der Waals surface area contributed by atoms with Gasteiger partial charge in [0.15, 0.2) is 11.5 Å². The predicted molar refractivity (Wildman–Crippen MR) is 107 cm³/mol. The van der Waals surface area contributed by atoms with Crippen LogP contribution in [0.3, 0.4) is 0 Å². The third-order valence-electron chi connectivity index (χ3n) is 4.52. The molecule has 0 saturated heterocycles. The van der Waals surface area contributed by atoms with Crippen molar-refractivity contribution in [2.24, 2.45) is 0 Å². The van der Waals surface area contributed by atoms with Crippen LogP contribution in [0.4, 0.5) is 0 Å². The van der Waals surface area contributed by atoms with Gasteiger partial charge in [0.05, 0.1) is 14.2 Å². The van der Waals surface area contributed by atoms with E-state index >= 15 is 0 Å². The second-order valence-electron chi connectivity index (χ2n) is 6.58. The van der Waals surface area contributed by atoms with Crippen molar-refractivity contribution < 1.29 is 29.3 Å². The van der Waals surface area contributed by atoms with Gasteiger partial charge in [0.1, 0.15) is 0 Å². The molecule has 0 heterocycles. The number of ether oxygens (including phenoxy) is 2. The molecular formula is C21H31NO6. The molecule has 1 aromatic carbocycles. The van der Waals surface area contributed by atoms with Crippen LogP contribution in [0.2, 0.25) is 0 Å². The number of nitrogens with zero attached hydrogens (tertiary/aromatic N) is 1. The van der Waals surface area contributed by atoms with Gasteiger partial charge in [0, 0.05) is 18.2 Å².